The zero-order valence-electron chi connectivity index (χ0n) is 8.74. The van der Waals surface area contributed by atoms with Gasteiger partial charge < -0.3 is 5.73 Å². The number of nitrogens with two attached hydrogens (primary N) is 1. The maximum absolute atomic E-state index is 13.5. The largest absolute Gasteiger partial charge is 0.396 e. The van der Waals surface area contributed by atoms with E-state index in [1.165, 1.54) is 23.0 Å². The fourth-order valence-electron chi connectivity index (χ4n) is 1.60. The normalized spacial score (nSPS) is 10.7. The first-order valence-electron chi connectivity index (χ1n) is 4.91. The third-order valence-corrected chi connectivity index (χ3v) is 2.37. The second kappa shape index (κ2) is 3.92. The van der Waals surface area contributed by atoms with E-state index in [9.17, 15) is 8.78 Å². The van der Waals surface area contributed by atoms with Gasteiger partial charge in [-0.25, -0.2) is 13.5 Å². The zero-order chi connectivity index (χ0) is 11.7. The van der Waals surface area contributed by atoms with Crippen molar-refractivity contribution >= 4 is 5.69 Å². The van der Waals surface area contributed by atoms with Crippen LogP contribution in [-0.4, -0.2) is 9.78 Å². The van der Waals surface area contributed by atoms with Gasteiger partial charge in [-0.3, -0.25) is 0 Å². The minimum Gasteiger partial charge on any atom is -0.396 e. The van der Waals surface area contributed by atoms with Crippen LogP contribution >= 0.6 is 0 Å². The first kappa shape index (κ1) is 10.6. The lowest BCUT2D eigenvalue weighted by atomic mass is 10.2. The van der Waals surface area contributed by atoms with E-state index >= 15 is 0 Å². The number of anilines is 1. The van der Waals surface area contributed by atoms with E-state index in [-0.39, 0.29) is 5.69 Å². The van der Waals surface area contributed by atoms with Gasteiger partial charge in [0, 0.05) is 6.07 Å². The number of nitrogen functional groups attached to an aromatic ring is 1. The summed E-state index contributed by atoms with van der Waals surface area (Å²) in [6, 6.07) is 3.36. The topological polar surface area (TPSA) is 43.8 Å². The number of halogens is 2. The average Bonchev–Trinajstić information content (AvgIpc) is 2.59. The number of aromatic nitrogens is 2. The van der Waals surface area contributed by atoms with E-state index in [0.29, 0.717) is 17.8 Å². The monoisotopic (exact) mass is 223 g/mol. The Morgan fingerprint density at radius 3 is 2.75 bits per heavy atom. The molecule has 2 aromatic rings. The number of hydrogen-bond donors (Lipinski definition) is 1. The van der Waals surface area contributed by atoms with Crippen LogP contribution in [-0.2, 0) is 6.42 Å². The molecule has 0 spiro atoms. The van der Waals surface area contributed by atoms with Crippen LogP contribution < -0.4 is 5.73 Å². The fraction of sp³-hybridized carbons (Fsp3) is 0.182. The molecule has 2 rings (SSSR count). The van der Waals surface area contributed by atoms with Crippen LogP contribution in [0.2, 0.25) is 0 Å². The van der Waals surface area contributed by atoms with Crippen LogP contribution in [0.4, 0.5) is 14.5 Å². The zero-order valence-corrected chi connectivity index (χ0v) is 8.74. The van der Waals surface area contributed by atoms with Crippen LogP contribution in [0.5, 0.6) is 0 Å². The van der Waals surface area contributed by atoms with E-state index < -0.39 is 11.6 Å². The van der Waals surface area contributed by atoms with E-state index in [1.54, 1.807) is 0 Å². The summed E-state index contributed by atoms with van der Waals surface area (Å²) in [5.41, 5.74) is 7.11. The molecule has 0 unspecified atom stereocenters. The molecule has 2 N–H and O–H groups in total. The lowest BCUT2D eigenvalue weighted by Crippen LogP contribution is -2.05. The van der Waals surface area contributed by atoms with Gasteiger partial charge in [-0.05, 0) is 18.6 Å². The van der Waals surface area contributed by atoms with Crippen molar-refractivity contribution in [2.75, 3.05) is 5.73 Å². The summed E-state index contributed by atoms with van der Waals surface area (Å²) in [6.45, 7) is 1.89. The predicted molar refractivity (Wildman–Crippen MR) is 57.3 cm³/mol. The molecule has 0 saturated heterocycles. The van der Waals surface area contributed by atoms with Gasteiger partial charge in [-0.15, -0.1) is 0 Å². The second-order valence-corrected chi connectivity index (χ2v) is 3.41. The standard InChI is InChI=1S/C11H11F2N3/c1-2-10-9(14)6-15-16(10)11-4-3-7(12)5-8(11)13/h3-6H,2,14H2,1H3. The van der Waals surface area contributed by atoms with Crippen molar-refractivity contribution in [2.45, 2.75) is 13.3 Å². The predicted octanol–water partition coefficient (Wildman–Crippen LogP) is 2.30. The van der Waals surface area contributed by atoms with Crippen LogP contribution in [0, 0.1) is 11.6 Å². The summed E-state index contributed by atoms with van der Waals surface area (Å²) < 4.78 is 27.7. The highest BCUT2D eigenvalue weighted by molar-refractivity contribution is 5.46. The molecular formula is C11H11F2N3. The molecule has 1 heterocycles. The summed E-state index contributed by atoms with van der Waals surface area (Å²) >= 11 is 0. The third-order valence-electron chi connectivity index (χ3n) is 2.37. The van der Waals surface area contributed by atoms with Crippen LogP contribution in [0.15, 0.2) is 24.4 Å². The molecule has 0 aliphatic heterocycles. The maximum Gasteiger partial charge on any atom is 0.151 e. The molecule has 3 nitrogen and oxygen atoms in total. The molecule has 0 amide bonds. The van der Waals surface area contributed by atoms with Gasteiger partial charge in [-0.1, -0.05) is 6.92 Å². The minimum absolute atomic E-state index is 0.204. The second-order valence-electron chi connectivity index (χ2n) is 3.41. The lowest BCUT2D eigenvalue weighted by molar-refractivity contribution is 0.571. The van der Waals surface area contributed by atoms with E-state index in [4.69, 9.17) is 5.73 Å². The smallest absolute Gasteiger partial charge is 0.151 e. The van der Waals surface area contributed by atoms with Crippen molar-refractivity contribution in [3.8, 4) is 5.69 Å². The molecule has 1 aromatic carbocycles. The molecule has 0 aliphatic carbocycles. The average molecular weight is 223 g/mol. The van der Waals surface area contributed by atoms with Crippen molar-refractivity contribution in [3.05, 3.63) is 41.7 Å². The third kappa shape index (κ3) is 1.64. The Balaban J connectivity index is 2.58. The summed E-state index contributed by atoms with van der Waals surface area (Å²) in [6.07, 6.45) is 2.09. The molecule has 0 atom stereocenters. The van der Waals surface area contributed by atoms with E-state index in [0.717, 1.165) is 6.07 Å². The Bertz CT molecular complexity index is 520. The van der Waals surface area contributed by atoms with Gasteiger partial charge in [0.1, 0.15) is 11.5 Å². The SMILES string of the molecule is CCc1c(N)cnn1-c1ccc(F)cc1F. The van der Waals surface area contributed by atoms with E-state index in [1.807, 2.05) is 6.92 Å². The Morgan fingerprint density at radius 1 is 1.38 bits per heavy atom. The maximum atomic E-state index is 13.5. The van der Waals surface area contributed by atoms with Crippen molar-refractivity contribution in [1.82, 2.24) is 9.78 Å². The molecule has 16 heavy (non-hydrogen) atoms. The molecule has 0 aliphatic rings. The molecule has 0 saturated carbocycles. The van der Waals surface area contributed by atoms with Gasteiger partial charge in [0.15, 0.2) is 5.82 Å². The van der Waals surface area contributed by atoms with Crippen molar-refractivity contribution < 1.29 is 8.78 Å². The Labute approximate surface area is 91.5 Å². The lowest BCUT2D eigenvalue weighted by Gasteiger charge is -2.07. The summed E-state index contributed by atoms with van der Waals surface area (Å²) in [5.74, 6) is -1.27. The minimum atomic E-state index is -0.655. The van der Waals surface area contributed by atoms with Crippen molar-refractivity contribution in [3.63, 3.8) is 0 Å². The first-order valence-corrected chi connectivity index (χ1v) is 4.91. The number of nitrogens with zero attached hydrogens (tertiary/aromatic N) is 2. The van der Waals surface area contributed by atoms with Crippen LogP contribution in [0.1, 0.15) is 12.6 Å². The van der Waals surface area contributed by atoms with E-state index in [2.05, 4.69) is 5.10 Å². The van der Waals surface area contributed by atoms with Gasteiger partial charge in [-0.2, -0.15) is 5.10 Å². The summed E-state index contributed by atoms with van der Waals surface area (Å²) in [4.78, 5) is 0. The van der Waals surface area contributed by atoms with Gasteiger partial charge in [0.2, 0.25) is 0 Å². The van der Waals surface area contributed by atoms with Gasteiger partial charge in [0.05, 0.1) is 17.6 Å². The number of rotatable bonds is 2. The van der Waals surface area contributed by atoms with Gasteiger partial charge in [0.25, 0.3) is 0 Å². The molecule has 0 bridgehead atoms. The molecule has 0 fully saturated rings. The Hall–Kier alpha value is -1.91. The molecule has 1 aromatic heterocycles. The molecule has 5 heteroatoms. The van der Waals surface area contributed by atoms with Crippen molar-refractivity contribution in [2.24, 2.45) is 0 Å². The quantitative estimate of drug-likeness (QED) is 0.848. The summed E-state index contributed by atoms with van der Waals surface area (Å²) in [7, 11) is 0. The van der Waals surface area contributed by atoms with Crippen LogP contribution in [0.25, 0.3) is 5.69 Å². The number of benzene rings is 1. The highest BCUT2D eigenvalue weighted by atomic mass is 19.1. The summed E-state index contributed by atoms with van der Waals surface area (Å²) in [5, 5.41) is 3.98. The number of hydrogen-bond acceptors (Lipinski definition) is 2. The molecular weight excluding hydrogens is 212 g/mol. The molecule has 0 radical (unpaired) electrons. The first-order chi connectivity index (χ1) is 7.63. The Kier molecular flexibility index (Phi) is 2.60. The van der Waals surface area contributed by atoms with Crippen LogP contribution in [0.3, 0.4) is 0 Å². The fourth-order valence-corrected chi connectivity index (χ4v) is 1.60. The van der Waals surface area contributed by atoms with Crippen molar-refractivity contribution in [1.29, 1.82) is 0 Å². The Morgan fingerprint density at radius 2 is 2.12 bits per heavy atom. The molecule has 84 valence electrons. The highest BCUT2D eigenvalue weighted by Crippen LogP contribution is 2.20. The van der Waals surface area contributed by atoms with Gasteiger partial charge >= 0.3 is 0 Å². The highest BCUT2D eigenvalue weighted by Gasteiger charge is 2.12.